The fourth-order valence-corrected chi connectivity index (χ4v) is 3.10. The molecule has 0 saturated heterocycles. The van der Waals surface area contributed by atoms with E-state index >= 15 is 0 Å². The first-order valence-electron chi connectivity index (χ1n) is 7.82. The Morgan fingerprint density at radius 1 is 1.44 bits per heavy atom. The van der Waals surface area contributed by atoms with Gasteiger partial charge in [-0.15, -0.1) is 11.3 Å². The van der Waals surface area contributed by atoms with E-state index in [4.69, 9.17) is 11.1 Å². The number of nitrogens with one attached hydrogen (secondary N) is 4. The highest BCUT2D eigenvalue weighted by atomic mass is 32.1. The van der Waals surface area contributed by atoms with Gasteiger partial charge in [-0.3, -0.25) is 5.10 Å². The Balaban J connectivity index is 1.77. The van der Waals surface area contributed by atoms with Crippen LogP contribution in [0.5, 0.6) is 0 Å². The molecule has 0 atom stereocenters. The molecular weight excluding hydrogens is 336 g/mol. The number of fused-ring (bicyclic) bond motifs is 1. The predicted octanol–water partition coefficient (Wildman–Crippen LogP) is 2.60. The third kappa shape index (κ3) is 3.94. The average molecular weight is 356 g/mol. The molecule has 0 fully saturated rings. The van der Waals surface area contributed by atoms with Crippen LogP contribution in [0.3, 0.4) is 0 Å². The normalized spacial score (nSPS) is 11.9. The van der Waals surface area contributed by atoms with Crippen molar-refractivity contribution in [2.75, 3.05) is 11.1 Å². The molecule has 0 aromatic carbocycles. The van der Waals surface area contributed by atoms with Crippen LogP contribution < -0.4 is 16.4 Å². The second kappa shape index (κ2) is 7.31. The zero-order chi connectivity index (χ0) is 17.8. The SMILES string of the molecule is CC(C)N/C=C(\C=N)c1cnc(N)c(NCc2cc3[nH]ncc3s2)n1. The summed E-state index contributed by atoms with van der Waals surface area (Å²) in [6.07, 6.45) is 6.38. The van der Waals surface area contributed by atoms with E-state index in [9.17, 15) is 0 Å². The van der Waals surface area contributed by atoms with Gasteiger partial charge in [0.25, 0.3) is 0 Å². The number of H-pyrrole nitrogens is 1. The van der Waals surface area contributed by atoms with E-state index in [1.54, 1.807) is 29.9 Å². The Hall–Kier alpha value is -2.94. The molecule has 6 N–H and O–H groups in total. The second-order valence-corrected chi connectivity index (χ2v) is 6.94. The molecule has 0 unspecified atom stereocenters. The highest BCUT2D eigenvalue weighted by Crippen LogP contribution is 2.25. The van der Waals surface area contributed by atoms with Crippen molar-refractivity contribution in [2.45, 2.75) is 26.4 Å². The van der Waals surface area contributed by atoms with Crippen molar-refractivity contribution in [1.82, 2.24) is 25.5 Å². The third-order valence-electron chi connectivity index (χ3n) is 3.43. The van der Waals surface area contributed by atoms with Gasteiger partial charge in [0.1, 0.15) is 0 Å². The minimum Gasteiger partial charge on any atom is -0.388 e. The Kier molecular flexibility index (Phi) is 4.94. The molecule has 0 aliphatic carbocycles. The maximum Gasteiger partial charge on any atom is 0.169 e. The second-order valence-electron chi connectivity index (χ2n) is 5.77. The van der Waals surface area contributed by atoms with Gasteiger partial charge in [0.15, 0.2) is 11.6 Å². The summed E-state index contributed by atoms with van der Waals surface area (Å²) in [5.74, 6) is 0.832. The van der Waals surface area contributed by atoms with E-state index in [0.29, 0.717) is 29.4 Å². The zero-order valence-corrected chi connectivity index (χ0v) is 14.8. The van der Waals surface area contributed by atoms with Gasteiger partial charge in [0.05, 0.1) is 34.8 Å². The number of nitrogen functional groups attached to an aromatic ring is 1. The van der Waals surface area contributed by atoms with Crippen LogP contribution in [0.2, 0.25) is 0 Å². The molecule has 0 aliphatic heterocycles. The Labute approximate surface area is 149 Å². The minimum absolute atomic E-state index is 0.271. The van der Waals surface area contributed by atoms with Crippen molar-refractivity contribution in [2.24, 2.45) is 0 Å². The van der Waals surface area contributed by atoms with Crippen LogP contribution in [0.15, 0.2) is 24.7 Å². The van der Waals surface area contributed by atoms with Gasteiger partial charge in [0, 0.05) is 28.9 Å². The van der Waals surface area contributed by atoms with Crippen molar-refractivity contribution in [1.29, 1.82) is 5.41 Å². The number of nitrogens with zero attached hydrogens (tertiary/aromatic N) is 3. The fourth-order valence-electron chi connectivity index (χ4n) is 2.17. The molecule has 0 spiro atoms. The van der Waals surface area contributed by atoms with E-state index in [-0.39, 0.29) is 6.04 Å². The average Bonchev–Trinajstić information content (AvgIpc) is 3.16. The molecule has 0 aliphatic rings. The third-order valence-corrected chi connectivity index (χ3v) is 4.50. The summed E-state index contributed by atoms with van der Waals surface area (Å²) in [7, 11) is 0. The van der Waals surface area contributed by atoms with Crippen molar-refractivity contribution in [3.05, 3.63) is 35.2 Å². The molecule has 0 saturated carbocycles. The molecule has 9 heteroatoms. The number of thiophene rings is 1. The van der Waals surface area contributed by atoms with E-state index in [0.717, 1.165) is 15.1 Å². The monoisotopic (exact) mass is 356 g/mol. The highest BCUT2D eigenvalue weighted by Gasteiger charge is 2.09. The number of nitrogens with two attached hydrogens (primary N) is 1. The van der Waals surface area contributed by atoms with Gasteiger partial charge in [-0.05, 0) is 19.9 Å². The van der Waals surface area contributed by atoms with Crippen LogP contribution in [0.1, 0.15) is 24.4 Å². The molecule has 0 bridgehead atoms. The number of hydrogen-bond acceptors (Lipinski definition) is 8. The molecule has 0 radical (unpaired) electrons. The van der Waals surface area contributed by atoms with E-state index in [2.05, 4.69) is 30.8 Å². The van der Waals surface area contributed by atoms with Crippen LogP contribution in [-0.2, 0) is 6.54 Å². The Bertz CT molecular complexity index is 879. The van der Waals surface area contributed by atoms with Gasteiger partial charge >= 0.3 is 0 Å². The van der Waals surface area contributed by atoms with Crippen molar-refractivity contribution in [3.8, 4) is 0 Å². The molecule has 0 amide bonds. The van der Waals surface area contributed by atoms with Crippen LogP contribution in [0.4, 0.5) is 11.6 Å². The van der Waals surface area contributed by atoms with Crippen LogP contribution >= 0.6 is 11.3 Å². The van der Waals surface area contributed by atoms with E-state index in [1.165, 1.54) is 6.21 Å². The number of hydrogen-bond donors (Lipinski definition) is 5. The first-order valence-corrected chi connectivity index (χ1v) is 8.63. The molecule has 3 aromatic heterocycles. The maximum absolute atomic E-state index is 7.59. The van der Waals surface area contributed by atoms with Crippen molar-refractivity contribution in [3.63, 3.8) is 0 Å². The summed E-state index contributed by atoms with van der Waals surface area (Å²) in [6, 6.07) is 2.32. The minimum atomic E-state index is 0.271. The number of anilines is 2. The Morgan fingerprint density at radius 3 is 3.00 bits per heavy atom. The number of aromatic amines is 1. The van der Waals surface area contributed by atoms with Crippen LogP contribution in [-0.4, -0.2) is 32.4 Å². The molecular formula is C16H20N8S. The molecule has 3 rings (SSSR count). The standard InChI is InChI=1S/C16H20N8S/c1-9(2)19-5-10(4-17)13-7-20-15(18)16(23-13)21-6-11-3-12-14(25-11)8-22-24-12/h3-5,7-9,17,19H,6H2,1-2H3,(H2,18,20)(H,21,23)(H,22,24)/b10-5+,17-4?. The lowest BCUT2D eigenvalue weighted by atomic mass is 10.2. The highest BCUT2D eigenvalue weighted by molar-refractivity contribution is 7.19. The molecule has 130 valence electrons. The first-order chi connectivity index (χ1) is 12.1. The van der Waals surface area contributed by atoms with Gasteiger partial charge in [-0.2, -0.15) is 5.10 Å². The number of rotatable bonds is 7. The molecule has 3 aromatic rings. The summed E-state index contributed by atoms with van der Waals surface area (Å²) in [4.78, 5) is 9.83. The summed E-state index contributed by atoms with van der Waals surface area (Å²) in [5, 5.41) is 20.9. The lowest BCUT2D eigenvalue weighted by Gasteiger charge is -2.10. The van der Waals surface area contributed by atoms with Crippen LogP contribution in [0.25, 0.3) is 15.8 Å². The van der Waals surface area contributed by atoms with Crippen molar-refractivity contribution >= 4 is 45.0 Å². The summed E-state index contributed by atoms with van der Waals surface area (Å²) >= 11 is 1.65. The summed E-state index contributed by atoms with van der Waals surface area (Å²) in [5.41, 5.74) is 8.17. The summed E-state index contributed by atoms with van der Waals surface area (Å²) < 4.78 is 1.11. The molecule has 3 heterocycles. The molecule has 8 nitrogen and oxygen atoms in total. The fraction of sp³-hybridized carbons (Fsp3) is 0.250. The van der Waals surface area contributed by atoms with E-state index < -0.39 is 0 Å². The maximum atomic E-state index is 7.59. The largest absolute Gasteiger partial charge is 0.388 e. The quantitative estimate of drug-likeness (QED) is 0.414. The predicted molar refractivity (Wildman–Crippen MR) is 103 cm³/mol. The molecule has 25 heavy (non-hydrogen) atoms. The zero-order valence-electron chi connectivity index (χ0n) is 14.0. The first kappa shape index (κ1) is 16.9. The van der Waals surface area contributed by atoms with Gasteiger partial charge in [-0.25, -0.2) is 9.97 Å². The lowest BCUT2D eigenvalue weighted by molar-refractivity contribution is 0.704. The van der Waals surface area contributed by atoms with Crippen molar-refractivity contribution < 1.29 is 0 Å². The smallest absolute Gasteiger partial charge is 0.169 e. The summed E-state index contributed by atoms with van der Waals surface area (Å²) in [6.45, 7) is 4.64. The van der Waals surface area contributed by atoms with Gasteiger partial charge in [0.2, 0.25) is 0 Å². The topological polar surface area (TPSA) is 128 Å². The van der Waals surface area contributed by atoms with Gasteiger partial charge < -0.3 is 21.8 Å². The lowest BCUT2D eigenvalue weighted by Crippen LogP contribution is -2.16. The van der Waals surface area contributed by atoms with E-state index in [1.807, 2.05) is 19.9 Å². The number of allylic oxidation sites excluding steroid dienone is 1. The number of aromatic nitrogens is 4. The Morgan fingerprint density at radius 2 is 2.28 bits per heavy atom. The van der Waals surface area contributed by atoms with Gasteiger partial charge in [-0.1, -0.05) is 0 Å². The van der Waals surface area contributed by atoms with Crippen LogP contribution in [0, 0.1) is 5.41 Å².